The summed E-state index contributed by atoms with van der Waals surface area (Å²) in [6.07, 6.45) is 4.97. The summed E-state index contributed by atoms with van der Waals surface area (Å²) in [5, 5.41) is 2.33. The van der Waals surface area contributed by atoms with E-state index >= 15 is 0 Å². The van der Waals surface area contributed by atoms with Crippen molar-refractivity contribution in [1.29, 1.82) is 0 Å². The monoisotopic (exact) mass is 299 g/mol. The summed E-state index contributed by atoms with van der Waals surface area (Å²) in [5.41, 5.74) is 1.44. The lowest BCUT2D eigenvalue weighted by molar-refractivity contribution is -0.137. The number of imide groups is 1. The maximum Gasteiger partial charge on any atom is 0.230 e. The fourth-order valence-corrected chi connectivity index (χ4v) is 3.17. The van der Waals surface area contributed by atoms with Gasteiger partial charge in [-0.3, -0.25) is 19.7 Å². The predicted molar refractivity (Wildman–Crippen MR) is 79.5 cm³/mol. The van der Waals surface area contributed by atoms with E-state index in [2.05, 4.69) is 5.32 Å². The van der Waals surface area contributed by atoms with Gasteiger partial charge in [0.05, 0.1) is 18.9 Å². The molecule has 1 aromatic rings. The lowest BCUT2D eigenvalue weighted by Crippen LogP contribution is -2.44. The molecule has 1 aliphatic heterocycles. The number of hydrogen-bond acceptors (Lipinski definition) is 4. The molecule has 3 rings (SSSR count). The molecule has 22 heavy (non-hydrogen) atoms. The van der Waals surface area contributed by atoms with E-state index in [1.165, 1.54) is 0 Å². The van der Waals surface area contributed by atoms with Gasteiger partial charge in [0, 0.05) is 17.5 Å². The van der Waals surface area contributed by atoms with Crippen LogP contribution in [0.15, 0.2) is 30.4 Å². The second-order valence-electron chi connectivity index (χ2n) is 5.57. The van der Waals surface area contributed by atoms with Gasteiger partial charge in [0.1, 0.15) is 5.75 Å². The highest BCUT2D eigenvalue weighted by Crippen LogP contribution is 2.33. The lowest BCUT2D eigenvalue weighted by atomic mass is 9.80. The van der Waals surface area contributed by atoms with Crippen LogP contribution < -0.4 is 10.1 Å². The highest BCUT2D eigenvalue weighted by molar-refractivity contribution is 6.06. The van der Waals surface area contributed by atoms with Crippen molar-refractivity contribution >= 4 is 17.6 Å². The Morgan fingerprint density at radius 1 is 1.23 bits per heavy atom. The molecule has 2 amide bonds. The molecule has 1 saturated heterocycles. The van der Waals surface area contributed by atoms with Crippen LogP contribution in [0.5, 0.6) is 5.75 Å². The lowest BCUT2D eigenvalue weighted by Gasteiger charge is -2.26. The van der Waals surface area contributed by atoms with Crippen molar-refractivity contribution in [2.45, 2.75) is 19.3 Å². The number of benzene rings is 1. The molecule has 2 aliphatic rings. The summed E-state index contributed by atoms with van der Waals surface area (Å²) >= 11 is 0. The summed E-state index contributed by atoms with van der Waals surface area (Å²) in [4.78, 5) is 36.2. The first-order valence-corrected chi connectivity index (χ1v) is 7.32. The Hall–Kier alpha value is -2.43. The number of ether oxygens (including phenoxy) is 1. The van der Waals surface area contributed by atoms with Gasteiger partial charge in [-0.1, -0.05) is 24.3 Å². The first-order chi connectivity index (χ1) is 10.6. The van der Waals surface area contributed by atoms with Gasteiger partial charge >= 0.3 is 0 Å². The number of hydrogen-bond donors (Lipinski definition) is 1. The minimum absolute atomic E-state index is 0.0860. The number of Topliss-reactive ketones (excluding diaryl/α,β-unsaturated/α-hetero) is 1. The second kappa shape index (κ2) is 5.75. The van der Waals surface area contributed by atoms with Crippen molar-refractivity contribution in [2.75, 3.05) is 7.11 Å². The van der Waals surface area contributed by atoms with Gasteiger partial charge in [0.2, 0.25) is 11.8 Å². The van der Waals surface area contributed by atoms with E-state index in [-0.39, 0.29) is 24.0 Å². The fourth-order valence-electron chi connectivity index (χ4n) is 3.17. The first kappa shape index (κ1) is 14.5. The van der Waals surface area contributed by atoms with E-state index in [1.54, 1.807) is 25.3 Å². The van der Waals surface area contributed by atoms with Gasteiger partial charge in [-0.2, -0.15) is 0 Å². The van der Waals surface area contributed by atoms with Gasteiger partial charge in [0.15, 0.2) is 5.78 Å². The maximum absolute atomic E-state index is 12.9. The van der Waals surface area contributed by atoms with Crippen LogP contribution in [-0.2, 0) is 16.0 Å². The first-order valence-electron chi connectivity index (χ1n) is 7.32. The quantitative estimate of drug-likeness (QED) is 0.666. The molecule has 0 saturated carbocycles. The molecule has 114 valence electrons. The Morgan fingerprint density at radius 2 is 2.05 bits per heavy atom. The highest BCUT2D eigenvalue weighted by atomic mass is 16.5. The SMILES string of the molecule is COc1cccc2c1CC=CC(C1CCC(=O)NC1=O)C2=O. The van der Waals surface area contributed by atoms with Crippen LogP contribution in [0, 0.1) is 11.8 Å². The topological polar surface area (TPSA) is 72.5 Å². The van der Waals surface area contributed by atoms with E-state index in [0.717, 1.165) is 5.56 Å². The number of amides is 2. The highest BCUT2D eigenvalue weighted by Gasteiger charge is 2.37. The van der Waals surface area contributed by atoms with Crippen molar-refractivity contribution in [2.24, 2.45) is 11.8 Å². The third kappa shape index (κ3) is 2.43. The summed E-state index contributed by atoms with van der Waals surface area (Å²) in [7, 11) is 1.58. The van der Waals surface area contributed by atoms with Gasteiger partial charge in [0.25, 0.3) is 0 Å². The van der Waals surface area contributed by atoms with E-state index in [0.29, 0.717) is 24.2 Å². The number of rotatable bonds is 2. The summed E-state index contributed by atoms with van der Waals surface area (Å²) in [6, 6.07) is 5.38. The molecule has 0 spiro atoms. The summed E-state index contributed by atoms with van der Waals surface area (Å²) < 4.78 is 5.32. The van der Waals surface area contributed by atoms with Gasteiger partial charge in [-0.25, -0.2) is 0 Å². The normalized spacial score (nSPS) is 24.5. The van der Waals surface area contributed by atoms with Crippen LogP contribution in [0.2, 0.25) is 0 Å². The molecule has 0 bridgehead atoms. The van der Waals surface area contributed by atoms with Crippen LogP contribution in [-0.4, -0.2) is 24.7 Å². The molecule has 1 heterocycles. The minimum atomic E-state index is -0.526. The van der Waals surface area contributed by atoms with Crippen LogP contribution in [0.25, 0.3) is 0 Å². The van der Waals surface area contributed by atoms with Gasteiger partial charge < -0.3 is 4.74 Å². The smallest absolute Gasteiger partial charge is 0.230 e. The van der Waals surface area contributed by atoms with Crippen LogP contribution in [0.4, 0.5) is 0 Å². The Kier molecular flexibility index (Phi) is 3.79. The molecule has 0 radical (unpaired) electrons. The van der Waals surface area contributed by atoms with E-state index in [9.17, 15) is 14.4 Å². The molecule has 5 heteroatoms. The molecule has 1 aromatic carbocycles. The molecule has 2 unspecified atom stereocenters. The zero-order valence-corrected chi connectivity index (χ0v) is 12.3. The number of ketones is 1. The predicted octanol–water partition coefficient (Wildman–Crippen LogP) is 1.66. The molecular formula is C17H17NO4. The molecule has 5 nitrogen and oxygen atoms in total. The van der Waals surface area contributed by atoms with Crippen LogP contribution in [0.1, 0.15) is 28.8 Å². The maximum atomic E-state index is 12.9. The average molecular weight is 299 g/mol. The number of nitrogens with one attached hydrogen (secondary N) is 1. The van der Waals surface area contributed by atoms with Crippen LogP contribution >= 0.6 is 0 Å². The molecular weight excluding hydrogens is 282 g/mol. The number of piperidine rings is 1. The molecule has 0 aromatic heterocycles. The minimum Gasteiger partial charge on any atom is -0.496 e. The molecule has 1 aliphatic carbocycles. The third-order valence-electron chi connectivity index (χ3n) is 4.30. The molecule has 1 fully saturated rings. The number of methoxy groups -OCH3 is 1. The van der Waals surface area contributed by atoms with Gasteiger partial charge in [-0.05, 0) is 18.9 Å². The third-order valence-corrected chi connectivity index (χ3v) is 4.30. The molecule has 2 atom stereocenters. The van der Waals surface area contributed by atoms with Gasteiger partial charge in [-0.15, -0.1) is 0 Å². The van der Waals surface area contributed by atoms with Crippen molar-refractivity contribution in [1.82, 2.24) is 5.32 Å². The van der Waals surface area contributed by atoms with E-state index in [1.807, 2.05) is 12.1 Å². The van der Waals surface area contributed by atoms with Crippen LogP contribution in [0.3, 0.4) is 0 Å². The fraction of sp³-hybridized carbons (Fsp3) is 0.353. The summed E-state index contributed by atoms with van der Waals surface area (Å²) in [6.45, 7) is 0. The Bertz CT molecular complexity index is 677. The average Bonchev–Trinajstić information content (AvgIpc) is 2.67. The summed E-state index contributed by atoms with van der Waals surface area (Å²) in [5.74, 6) is -1.05. The zero-order valence-electron chi connectivity index (χ0n) is 12.3. The number of carbonyl (C=O) groups excluding carboxylic acids is 3. The van der Waals surface area contributed by atoms with Crippen molar-refractivity contribution in [3.8, 4) is 5.75 Å². The van der Waals surface area contributed by atoms with Crippen molar-refractivity contribution < 1.29 is 19.1 Å². The number of fused-ring (bicyclic) bond motifs is 1. The Morgan fingerprint density at radius 3 is 2.77 bits per heavy atom. The number of carbonyl (C=O) groups is 3. The van der Waals surface area contributed by atoms with E-state index < -0.39 is 11.8 Å². The standard InChI is InChI=1S/C17H17NO4/c1-22-14-7-3-6-11-10(14)4-2-5-12(16(11)20)13-8-9-15(19)18-17(13)21/h2-3,5-7,12-13H,4,8-9H2,1H3,(H,18,19,21). The van der Waals surface area contributed by atoms with Crippen molar-refractivity contribution in [3.05, 3.63) is 41.5 Å². The van der Waals surface area contributed by atoms with Crippen molar-refractivity contribution in [3.63, 3.8) is 0 Å². The largest absolute Gasteiger partial charge is 0.496 e. The Labute approximate surface area is 128 Å². The number of allylic oxidation sites excluding steroid dienone is 2. The van der Waals surface area contributed by atoms with E-state index in [4.69, 9.17) is 4.74 Å². The molecule has 1 N–H and O–H groups in total. The Balaban J connectivity index is 1.96. The zero-order chi connectivity index (χ0) is 15.7. The second-order valence-corrected chi connectivity index (χ2v) is 5.57.